The van der Waals surface area contributed by atoms with E-state index in [1.54, 1.807) is 24.1 Å². The summed E-state index contributed by atoms with van der Waals surface area (Å²) in [5, 5.41) is 10.8. The SMILES string of the molecule is CN(C(=O)CN1CCCC1Cc1ccccc1)c1ccc([N+](=O)[O-])cc1. The number of benzene rings is 2. The van der Waals surface area contributed by atoms with E-state index in [1.807, 2.05) is 18.2 Å². The van der Waals surface area contributed by atoms with Crippen LogP contribution >= 0.6 is 0 Å². The summed E-state index contributed by atoms with van der Waals surface area (Å²) in [6.07, 6.45) is 3.16. The Morgan fingerprint density at radius 3 is 2.54 bits per heavy atom. The van der Waals surface area contributed by atoms with Gasteiger partial charge in [-0.05, 0) is 43.5 Å². The lowest BCUT2D eigenvalue weighted by atomic mass is 10.0. The van der Waals surface area contributed by atoms with Crippen molar-refractivity contribution in [2.24, 2.45) is 0 Å². The minimum Gasteiger partial charge on any atom is -0.314 e. The maximum Gasteiger partial charge on any atom is 0.269 e. The standard InChI is InChI=1S/C20H23N3O3/c1-21(17-9-11-18(12-10-17)23(25)26)20(24)15-22-13-5-8-19(22)14-16-6-3-2-4-7-16/h2-4,6-7,9-12,19H,5,8,13-15H2,1H3. The first-order valence-corrected chi connectivity index (χ1v) is 8.83. The quantitative estimate of drug-likeness (QED) is 0.590. The zero-order valence-electron chi connectivity index (χ0n) is 14.9. The molecule has 6 nitrogen and oxygen atoms in total. The van der Waals surface area contributed by atoms with Crippen molar-refractivity contribution in [1.82, 2.24) is 4.90 Å². The predicted octanol–water partition coefficient (Wildman–Crippen LogP) is 3.26. The van der Waals surface area contributed by atoms with Crippen molar-refractivity contribution in [2.75, 3.05) is 25.0 Å². The second-order valence-electron chi connectivity index (χ2n) is 6.68. The van der Waals surface area contributed by atoms with Gasteiger partial charge in [0.05, 0.1) is 11.5 Å². The number of hydrogen-bond acceptors (Lipinski definition) is 4. The van der Waals surface area contributed by atoms with Crippen molar-refractivity contribution in [2.45, 2.75) is 25.3 Å². The van der Waals surface area contributed by atoms with Crippen molar-refractivity contribution in [1.29, 1.82) is 0 Å². The zero-order chi connectivity index (χ0) is 18.5. The van der Waals surface area contributed by atoms with Crippen LogP contribution in [0.25, 0.3) is 0 Å². The van der Waals surface area contributed by atoms with Gasteiger partial charge in [0.15, 0.2) is 0 Å². The van der Waals surface area contributed by atoms with Crippen LogP contribution in [0.3, 0.4) is 0 Å². The third kappa shape index (κ3) is 4.26. The summed E-state index contributed by atoms with van der Waals surface area (Å²) >= 11 is 0. The lowest BCUT2D eigenvalue weighted by Crippen LogP contribution is -2.41. The molecule has 1 aliphatic heterocycles. The number of carbonyl (C=O) groups is 1. The summed E-state index contributed by atoms with van der Waals surface area (Å²) < 4.78 is 0. The van der Waals surface area contributed by atoms with Crippen LogP contribution in [0, 0.1) is 10.1 Å². The number of non-ortho nitro benzene ring substituents is 1. The first-order chi connectivity index (χ1) is 12.5. The lowest BCUT2D eigenvalue weighted by molar-refractivity contribution is -0.384. The van der Waals surface area contributed by atoms with E-state index in [9.17, 15) is 14.9 Å². The molecule has 1 aliphatic rings. The van der Waals surface area contributed by atoms with Crippen molar-refractivity contribution in [3.05, 3.63) is 70.3 Å². The Morgan fingerprint density at radius 2 is 1.88 bits per heavy atom. The van der Waals surface area contributed by atoms with Gasteiger partial charge >= 0.3 is 0 Å². The highest BCUT2D eigenvalue weighted by molar-refractivity contribution is 5.94. The highest BCUT2D eigenvalue weighted by atomic mass is 16.6. The zero-order valence-corrected chi connectivity index (χ0v) is 14.9. The summed E-state index contributed by atoms with van der Waals surface area (Å²) in [6.45, 7) is 1.29. The van der Waals surface area contributed by atoms with Gasteiger partial charge in [0, 0.05) is 30.9 Å². The van der Waals surface area contributed by atoms with Crippen LogP contribution in [-0.2, 0) is 11.2 Å². The van der Waals surface area contributed by atoms with Crippen LogP contribution in [0.4, 0.5) is 11.4 Å². The molecular weight excluding hydrogens is 330 g/mol. The normalized spacial score (nSPS) is 17.2. The number of hydrogen-bond donors (Lipinski definition) is 0. The average molecular weight is 353 g/mol. The minimum atomic E-state index is -0.440. The van der Waals surface area contributed by atoms with Crippen LogP contribution in [0.2, 0.25) is 0 Å². The smallest absolute Gasteiger partial charge is 0.269 e. The van der Waals surface area contributed by atoms with Gasteiger partial charge in [0.25, 0.3) is 5.69 Å². The van der Waals surface area contributed by atoms with Gasteiger partial charge in [0.1, 0.15) is 0 Å². The van der Waals surface area contributed by atoms with Gasteiger partial charge in [-0.15, -0.1) is 0 Å². The molecule has 0 saturated carbocycles. The second-order valence-corrected chi connectivity index (χ2v) is 6.68. The molecule has 0 aromatic heterocycles. The number of amides is 1. The Labute approximate surface area is 153 Å². The van der Waals surface area contributed by atoms with E-state index in [0.717, 1.165) is 25.8 Å². The number of nitrogens with zero attached hydrogens (tertiary/aromatic N) is 3. The largest absolute Gasteiger partial charge is 0.314 e. The molecule has 26 heavy (non-hydrogen) atoms. The van der Waals surface area contributed by atoms with E-state index in [0.29, 0.717) is 18.3 Å². The van der Waals surface area contributed by atoms with Gasteiger partial charge in [-0.3, -0.25) is 19.8 Å². The molecule has 1 fully saturated rings. The highest BCUT2D eigenvalue weighted by Crippen LogP contribution is 2.23. The van der Waals surface area contributed by atoms with Crippen molar-refractivity contribution in [3.8, 4) is 0 Å². The van der Waals surface area contributed by atoms with E-state index in [-0.39, 0.29) is 11.6 Å². The monoisotopic (exact) mass is 353 g/mol. The molecule has 0 spiro atoms. The number of nitro benzene ring substituents is 1. The minimum absolute atomic E-state index is 0.00110. The van der Waals surface area contributed by atoms with E-state index < -0.39 is 4.92 Å². The summed E-state index contributed by atoms with van der Waals surface area (Å²) in [5.74, 6) is -0.00110. The van der Waals surface area contributed by atoms with Gasteiger partial charge in [-0.2, -0.15) is 0 Å². The summed E-state index contributed by atoms with van der Waals surface area (Å²) in [5.41, 5.74) is 1.98. The molecule has 1 unspecified atom stereocenters. The van der Waals surface area contributed by atoms with E-state index in [2.05, 4.69) is 17.0 Å². The van der Waals surface area contributed by atoms with Crippen LogP contribution in [-0.4, -0.2) is 41.9 Å². The summed E-state index contributed by atoms with van der Waals surface area (Å²) in [7, 11) is 1.71. The van der Waals surface area contributed by atoms with Crippen LogP contribution in [0.1, 0.15) is 18.4 Å². The third-order valence-corrected chi connectivity index (χ3v) is 4.97. The highest BCUT2D eigenvalue weighted by Gasteiger charge is 2.27. The fraction of sp³-hybridized carbons (Fsp3) is 0.350. The maximum atomic E-state index is 12.7. The van der Waals surface area contributed by atoms with Crippen LogP contribution in [0.5, 0.6) is 0 Å². The predicted molar refractivity (Wildman–Crippen MR) is 101 cm³/mol. The van der Waals surface area contributed by atoms with Gasteiger partial charge in [-0.1, -0.05) is 30.3 Å². The average Bonchev–Trinajstić information content (AvgIpc) is 3.08. The molecule has 0 aliphatic carbocycles. The number of nitro groups is 1. The fourth-order valence-corrected chi connectivity index (χ4v) is 3.44. The van der Waals surface area contributed by atoms with Gasteiger partial charge in [0.2, 0.25) is 5.91 Å². The Bertz CT molecular complexity index is 762. The molecule has 0 N–H and O–H groups in total. The number of anilines is 1. The van der Waals surface area contributed by atoms with E-state index in [1.165, 1.54) is 17.7 Å². The summed E-state index contributed by atoms with van der Waals surface area (Å²) in [4.78, 5) is 26.8. The first kappa shape index (κ1) is 18.1. The van der Waals surface area contributed by atoms with Gasteiger partial charge in [-0.25, -0.2) is 0 Å². The molecule has 0 bridgehead atoms. The molecule has 2 aromatic rings. The molecule has 1 saturated heterocycles. The van der Waals surface area contributed by atoms with E-state index in [4.69, 9.17) is 0 Å². The molecule has 2 aromatic carbocycles. The topological polar surface area (TPSA) is 66.7 Å². The van der Waals surface area contributed by atoms with Crippen LogP contribution in [0.15, 0.2) is 54.6 Å². The van der Waals surface area contributed by atoms with Crippen molar-refractivity contribution >= 4 is 17.3 Å². The Hall–Kier alpha value is -2.73. The van der Waals surface area contributed by atoms with Crippen molar-refractivity contribution in [3.63, 3.8) is 0 Å². The van der Waals surface area contributed by atoms with Crippen molar-refractivity contribution < 1.29 is 9.72 Å². The Kier molecular flexibility index (Phi) is 5.63. The molecule has 1 amide bonds. The second kappa shape index (κ2) is 8.10. The Balaban J connectivity index is 1.61. The number of likely N-dealkylation sites (N-methyl/N-ethyl adjacent to an activating group) is 1. The third-order valence-electron chi connectivity index (χ3n) is 4.97. The number of rotatable bonds is 6. The lowest BCUT2D eigenvalue weighted by Gasteiger charge is -2.26. The molecule has 1 atom stereocenters. The molecular formula is C20H23N3O3. The van der Waals surface area contributed by atoms with Gasteiger partial charge < -0.3 is 4.90 Å². The summed E-state index contributed by atoms with van der Waals surface area (Å²) in [6, 6.07) is 16.8. The molecule has 136 valence electrons. The maximum absolute atomic E-state index is 12.7. The van der Waals surface area contributed by atoms with E-state index >= 15 is 0 Å². The molecule has 1 heterocycles. The fourth-order valence-electron chi connectivity index (χ4n) is 3.44. The Morgan fingerprint density at radius 1 is 1.19 bits per heavy atom. The number of carbonyl (C=O) groups excluding carboxylic acids is 1. The molecule has 0 radical (unpaired) electrons. The first-order valence-electron chi connectivity index (χ1n) is 8.83. The van der Waals surface area contributed by atoms with Crippen LogP contribution < -0.4 is 4.90 Å². The number of likely N-dealkylation sites (tertiary alicyclic amines) is 1. The molecule has 6 heteroatoms. The molecule has 3 rings (SSSR count).